The van der Waals surface area contributed by atoms with Crippen molar-refractivity contribution < 1.29 is 13.3 Å². The Morgan fingerprint density at radius 3 is 2.78 bits per heavy atom. The topological polar surface area (TPSA) is 77.0 Å². The Morgan fingerprint density at radius 1 is 1.22 bits per heavy atom. The first-order valence-electron chi connectivity index (χ1n) is 7.84. The summed E-state index contributed by atoms with van der Waals surface area (Å²) in [6.45, 7) is 0. The molecule has 0 aliphatic heterocycles. The summed E-state index contributed by atoms with van der Waals surface area (Å²) in [4.78, 5) is 12.6. The van der Waals surface area contributed by atoms with E-state index in [1.54, 1.807) is 30.5 Å². The van der Waals surface area contributed by atoms with Gasteiger partial charge in [-0.05, 0) is 35.9 Å². The second-order valence-corrected chi connectivity index (χ2v) is 7.47. The summed E-state index contributed by atoms with van der Waals surface area (Å²) in [5, 5.41) is 3.61. The monoisotopic (exact) mass is 406 g/mol. The molecule has 3 aromatic rings. The molecule has 0 aliphatic carbocycles. The summed E-state index contributed by atoms with van der Waals surface area (Å²) in [7, 11) is 0.436. The molecule has 2 aromatic carbocycles. The third kappa shape index (κ3) is 4.78. The molecule has 0 bridgehead atoms. The van der Waals surface area contributed by atoms with E-state index >= 15 is 0 Å². The summed E-state index contributed by atoms with van der Waals surface area (Å²) < 4.78 is 30.1. The van der Waals surface area contributed by atoms with Gasteiger partial charge in [-0.25, -0.2) is 14.4 Å². The molecule has 0 amide bonds. The minimum atomic E-state index is -1.01. The van der Waals surface area contributed by atoms with E-state index in [1.165, 1.54) is 25.6 Å². The van der Waals surface area contributed by atoms with Crippen LogP contribution in [0.25, 0.3) is 11.4 Å². The van der Waals surface area contributed by atoms with Crippen molar-refractivity contribution in [2.24, 2.45) is 0 Å². The highest BCUT2D eigenvalue weighted by atomic mass is 35.5. The van der Waals surface area contributed by atoms with Crippen molar-refractivity contribution in [2.45, 2.75) is 5.75 Å². The normalized spacial score (nSPS) is 11.9. The third-order valence-electron chi connectivity index (χ3n) is 3.64. The zero-order valence-electron chi connectivity index (χ0n) is 14.6. The maximum atomic E-state index is 13.4. The zero-order valence-corrected chi connectivity index (χ0v) is 16.1. The van der Waals surface area contributed by atoms with Gasteiger partial charge in [-0.2, -0.15) is 4.98 Å². The number of nitrogens with zero attached hydrogens (tertiary/aromatic N) is 3. The van der Waals surface area contributed by atoms with E-state index in [1.807, 2.05) is 0 Å². The predicted molar refractivity (Wildman–Crippen MR) is 104 cm³/mol. The average molecular weight is 407 g/mol. The number of ether oxygens (including phenoxy) is 1. The molecular formula is C18H16ClFN4O2S. The van der Waals surface area contributed by atoms with Crippen LogP contribution in [0.4, 0.5) is 16.0 Å². The Kier molecular flexibility index (Phi) is 5.98. The van der Waals surface area contributed by atoms with Crippen molar-refractivity contribution in [3.8, 4) is 17.1 Å². The second kappa shape index (κ2) is 8.41. The number of anilines is 2. The Morgan fingerprint density at radius 2 is 2.04 bits per heavy atom. The first-order chi connectivity index (χ1) is 13.0. The van der Waals surface area contributed by atoms with Crippen molar-refractivity contribution in [1.82, 2.24) is 15.0 Å². The van der Waals surface area contributed by atoms with Gasteiger partial charge >= 0.3 is 0 Å². The quantitative estimate of drug-likeness (QED) is 0.667. The van der Waals surface area contributed by atoms with Crippen LogP contribution in [0.5, 0.6) is 5.75 Å². The van der Waals surface area contributed by atoms with Crippen molar-refractivity contribution in [3.63, 3.8) is 0 Å². The van der Waals surface area contributed by atoms with E-state index in [-0.39, 0.29) is 0 Å². The molecule has 0 saturated carbocycles. The third-order valence-corrected chi connectivity index (χ3v) is 4.72. The molecular weight excluding hydrogens is 391 g/mol. The van der Waals surface area contributed by atoms with Crippen molar-refractivity contribution in [2.75, 3.05) is 18.7 Å². The van der Waals surface area contributed by atoms with Gasteiger partial charge in [-0.1, -0.05) is 11.6 Å². The highest BCUT2D eigenvalue weighted by Crippen LogP contribution is 2.29. The fourth-order valence-corrected chi connectivity index (χ4v) is 3.39. The van der Waals surface area contributed by atoms with Gasteiger partial charge in [0.25, 0.3) is 0 Å². The summed E-state index contributed by atoms with van der Waals surface area (Å²) in [5.41, 5.74) is 2.00. The molecule has 1 heterocycles. The number of rotatable bonds is 6. The first kappa shape index (κ1) is 19.2. The molecule has 1 N–H and O–H groups in total. The largest absolute Gasteiger partial charge is 0.496 e. The number of aromatic nitrogens is 3. The molecule has 140 valence electrons. The summed E-state index contributed by atoms with van der Waals surface area (Å²) >= 11 is 6.15. The summed E-state index contributed by atoms with van der Waals surface area (Å²) in [6.07, 6.45) is 2.97. The SMILES string of the molecule is COc1cc(F)ccc1-c1ncnc(Nc2ccc(Cl)c(C[S@](C)=O)c2)n1. The van der Waals surface area contributed by atoms with Gasteiger partial charge < -0.3 is 10.1 Å². The number of hydrogen-bond donors (Lipinski definition) is 1. The van der Waals surface area contributed by atoms with Crippen LogP contribution in [-0.2, 0) is 16.6 Å². The molecule has 6 nitrogen and oxygen atoms in total. The van der Waals surface area contributed by atoms with Crippen LogP contribution >= 0.6 is 11.6 Å². The fourth-order valence-electron chi connectivity index (χ4n) is 2.45. The van der Waals surface area contributed by atoms with E-state index in [0.717, 1.165) is 5.56 Å². The van der Waals surface area contributed by atoms with Crippen LogP contribution < -0.4 is 10.1 Å². The molecule has 1 atom stereocenters. The lowest BCUT2D eigenvalue weighted by atomic mass is 10.2. The molecule has 9 heteroatoms. The summed E-state index contributed by atoms with van der Waals surface area (Å²) in [5.74, 6) is 0.908. The van der Waals surface area contributed by atoms with Crippen molar-refractivity contribution in [1.29, 1.82) is 0 Å². The Balaban J connectivity index is 1.90. The minimum Gasteiger partial charge on any atom is -0.496 e. The Bertz CT molecular complexity index is 1000. The minimum absolute atomic E-state index is 0.303. The lowest BCUT2D eigenvalue weighted by Gasteiger charge is -2.10. The first-order valence-corrected chi connectivity index (χ1v) is 9.95. The lowest BCUT2D eigenvalue weighted by molar-refractivity contribution is 0.412. The van der Waals surface area contributed by atoms with E-state index in [0.29, 0.717) is 39.5 Å². The van der Waals surface area contributed by atoms with Crippen molar-refractivity contribution in [3.05, 3.63) is 59.1 Å². The molecule has 0 unspecified atom stereocenters. The molecule has 1 aromatic heterocycles. The fraction of sp³-hybridized carbons (Fsp3) is 0.167. The van der Waals surface area contributed by atoms with Gasteiger partial charge in [-0.15, -0.1) is 0 Å². The van der Waals surface area contributed by atoms with Crippen LogP contribution in [0.2, 0.25) is 5.02 Å². The molecule has 0 aliphatic rings. The lowest BCUT2D eigenvalue weighted by Crippen LogP contribution is -2.02. The molecule has 0 radical (unpaired) electrons. The van der Waals surface area contributed by atoms with Crippen LogP contribution in [0.15, 0.2) is 42.7 Å². The van der Waals surface area contributed by atoms with Crippen LogP contribution in [0.3, 0.4) is 0 Å². The molecule has 27 heavy (non-hydrogen) atoms. The Hall–Kier alpha value is -2.58. The zero-order chi connectivity index (χ0) is 19.4. The number of benzene rings is 2. The standard InChI is InChI=1S/C18H16ClFN4O2S/c1-26-16-8-12(20)3-5-14(16)17-21-10-22-18(24-17)23-13-4-6-15(19)11(7-13)9-27(2)25/h3-8,10H,9H2,1-2H3,(H,21,22,23,24)/t27-/m0/s1. The van der Waals surface area contributed by atoms with Gasteiger partial charge in [0.15, 0.2) is 5.82 Å². The number of hydrogen-bond acceptors (Lipinski definition) is 6. The smallest absolute Gasteiger partial charge is 0.230 e. The van der Waals surface area contributed by atoms with Crippen LogP contribution in [-0.4, -0.2) is 32.5 Å². The van der Waals surface area contributed by atoms with Crippen LogP contribution in [0, 0.1) is 5.82 Å². The van der Waals surface area contributed by atoms with E-state index < -0.39 is 16.6 Å². The van der Waals surface area contributed by atoms with Gasteiger partial charge in [0.1, 0.15) is 17.9 Å². The Labute approximate surface area is 163 Å². The van der Waals surface area contributed by atoms with Gasteiger partial charge in [-0.3, -0.25) is 4.21 Å². The highest BCUT2D eigenvalue weighted by molar-refractivity contribution is 7.83. The van der Waals surface area contributed by atoms with E-state index in [4.69, 9.17) is 16.3 Å². The number of methoxy groups -OCH3 is 1. The van der Waals surface area contributed by atoms with Crippen molar-refractivity contribution >= 4 is 34.0 Å². The molecule has 0 spiro atoms. The maximum absolute atomic E-state index is 13.4. The molecule has 0 fully saturated rings. The maximum Gasteiger partial charge on any atom is 0.230 e. The van der Waals surface area contributed by atoms with E-state index in [2.05, 4.69) is 20.3 Å². The summed E-state index contributed by atoms with van der Waals surface area (Å²) in [6, 6.07) is 9.41. The predicted octanol–water partition coefficient (Wildman–Crippen LogP) is 3.96. The number of halogens is 2. The second-order valence-electron chi connectivity index (χ2n) is 5.63. The number of nitrogens with one attached hydrogen (secondary N) is 1. The van der Waals surface area contributed by atoms with Gasteiger partial charge in [0, 0.05) is 39.6 Å². The van der Waals surface area contributed by atoms with E-state index in [9.17, 15) is 8.60 Å². The average Bonchev–Trinajstić information content (AvgIpc) is 2.64. The van der Waals surface area contributed by atoms with Crippen LogP contribution in [0.1, 0.15) is 5.56 Å². The highest BCUT2D eigenvalue weighted by Gasteiger charge is 2.12. The van der Waals surface area contributed by atoms with Gasteiger partial charge in [0.2, 0.25) is 5.95 Å². The molecule has 0 saturated heterocycles. The van der Waals surface area contributed by atoms with Gasteiger partial charge in [0.05, 0.1) is 12.7 Å². The molecule has 3 rings (SSSR count).